The molecular weight excluding hydrogens is 382 g/mol. The van der Waals surface area contributed by atoms with Crippen LogP contribution in [0.15, 0.2) is 53.4 Å². The van der Waals surface area contributed by atoms with Crippen LogP contribution in [0.25, 0.3) is 0 Å². The fourth-order valence-corrected chi connectivity index (χ4v) is 3.43. The smallest absolute Gasteiger partial charge is 0.269 e. The maximum atomic E-state index is 12.7. The van der Waals surface area contributed by atoms with E-state index in [1.807, 2.05) is 0 Å². The Morgan fingerprint density at radius 3 is 2.50 bits per heavy atom. The van der Waals surface area contributed by atoms with Gasteiger partial charge in [0.15, 0.2) is 0 Å². The number of nitro benzene ring substituents is 1. The first kappa shape index (κ1) is 21.1. The second-order valence-electron chi connectivity index (χ2n) is 6.00. The molecule has 9 heteroatoms. The van der Waals surface area contributed by atoms with Gasteiger partial charge in [-0.05, 0) is 36.8 Å². The Kier molecular flexibility index (Phi) is 6.51. The molecule has 0 heterocycles. The number of nitrogens with zero attached hydrogens (tertiary/aromatic N) is 2. The van der Waals surface area contributed by atoms with Crippen molar-refractivity contribution in [2.45, 2.75) is 17.9 Å². The summed E-state index contributed by atoms with van der Waals surface area (Å²) in [6, 6.07) is 11.1. The van der Waals surface area contributed by atoms with Gasteiger partial charge in [-0.3, -0.25) is 14.9 Å². The lowest BCUT2D eigenvalue weighted by atomic mass is 10.1. The van der Waals surface area contributed by atoms with Gasteiger partial charge < -0.3 is 4.90 Å². The summed E-state index contributed by atoms with van der Waals surface area (Å²) < 4.78 is 26.3. The molecule has 1 atom stereocenters. The molecule has 0 fully saturated rings. The lowest BCUT2D eigenvalue weighted by Gasteiger charge is -2.25. The van der Waals surface area contributed by atoms with Crippen molar-refractivity contribution in [2.24, 2.45) is 0 Å². The molecule has 1 N–H and O–H groups in total. The average Bonchev–Trinajstić information content (AvgIpc) is 2.70. The number of terminal acetylenes is 1. The Balaban J connectivity index is 2.20. The van der Waals surface area contributed by atoms with Crippen LogP contribution >= 0.6 is 0 Å². The monoisotopic (exact) mass is 401 g/mol. The summed E-state index contributed by atoms with van der Waals surface area (Å²) in [6.07, 6.45) is 5.05. The molecule has 2 aromatic rings. The number of nitro groups is 1. The maximum absolute atomic E-state index is 12.7. The van der Waals surface area contributed by atoms with Crippen molar-refractivity contribution in [3.8, 4) is 12.3 Å². The van der Waals surface area contributed by atoms with E-state index < -0.39 is 21.0 Å². The van der Waals surface area contributed by atoms with Crippen molar-refractivity contribution in [2.75, 3.05) is 13.6 Å². The highest BCUT2D eigenvalue weighted by atomic mass is 32.2. The van der Waals surface area contributed by atoms with E-state index in [1.165, 1.54) is 41.3 Å². The molecule has 8 nitrogen and oxygen atoms in total. The Morgan fingerprint density at radius 1 is 1.29 bits per heavy atom. The van der Waals surface area contributed by atoms with Crippen LogP contribution in [0.4, 0.5) is 5.69 Å². The van der Waals surface area contributed by atoms with Crippen LogP contribution in [-0.4, -0.2) is 37.7 Å². The zero-order valence-electron chi connectivity index (χ0n) is 15.3. The maximum Gasteiger partial charge on any atom is 0.269 e. The van der Waals surface area contributed by atoms with Crippen molar-refractivity contribution in [3.63, 3.8) is 0 Å². The molecule has 1 unspecified atom stereocenters. The predicted octanol–water partition coefficient (Wildman–Crippen LogP) is 2.34. The third-order valence-electron chi connectivity index (χ3n) is 4.24. The second kappa shape index (κ2) is 8.65. The normalized spacial score (nSPS) is 12.0. The van der Waals surface area contributed by atoms with E-state index in [2.05, 4.69) is 10.6 Å². The Bertz CT molecular complexity index is 1030. The van der Waals surface area contributed by atoms with Gasteiger partial charge in [0.1, 0.15) is 0 Å². The van der Waals surface area contributed by atoms with Gasteiger partial charge in [0.2, 0.25) is 10.0 Å². The highest BCUT2D eigenvalue weighted by Crippen LogP contribution is 2.24. The number of hydrogen-bond donors (Lipinski definition) is 1. The molecule has 0 radical (unpaired) electrons. The van der Waals surface area contributed by atoms with Crippen LogP contribution in [-0.2, 0) is 10.0 Å². The van der Waals surface area contributed by atoms with E-state index in [0.29, 0.717) is 5.56 Å². The van der Waals surface area contributed by atoms with Crippen LogP contribution in [0.5, 0.6) is 0 Å². The molecule has 1 amide bonds. The van der Waals surface area contributed by atoms with E-state index in [1.54, 1.807) is 26.1 Å². The zero-order valence-corrected chi connectivity index (χ0v) is 16.1. The number of benzene rings is 2. The highest BCUT2D eigenvalue weighted by Gasteiger charge is 2.21. The summed E-state index contributed by atoms with van der Waals surface area (Å²) >= 11 is 0. The summed E-state index contributed by atoms with van der Waals surface area (Å²) in [6.45, 7) is 1.62. The lowest BCUT2D eigenvalue weighted by molar-refractivity contribution is -0.384. The average molecular weight is 401 g/mol. The summed E-state index contributed by atoms with van der Waals surface area (Å²) in [7, 11) is -2.16. The number of hydrogen-bond acceptors (Lipinski definition) is 5. The molecule has 0 bridgehead atoms. The van der Waals surface area contributed by atoms with Crippen molar-refractivity contribution >= 4 is 21.6 Å². The van der Waals surface area contributed by atoms with E-state index in [9.17, 15) is 23.3 Å². The number of nitrogens with one attached hydrogen (secondary N) is 1. The number of sulfonamides is 1. The van der Waals surface area contributed by atoms with E-state index in [4.69, 9.17) is 6.42 Å². The molecular formula is C19H19N3O5S. The van der Waals surface area contributed by atoms with Gasteiger partial charge >= 0.3 is 0 Å². The van der Waals surface area contributed by atoms with Crippen LogP contribution < -0.4 is 4.72 Å². The number of carbonyl (C=O) groups is 1. The summed E-state index contributed by atoms with van der Waals surface area (Å²) in [5.41, 5.74) is 0.845. The minimum atomic E-state index is -3.74. The summed E-state index contributed by atoms with van der Waals surface area (Å²) in [4.78, 5) is 24.6. The molecule has 2 aromatic carbocycles. The number of amides is 1. The number of carbonyl (C=O) groups excluding carboxylic acids is 1. The molecule has 2 rings (SSSR count). The molecule has 0 saturated carbocycles. The van der Waals surface area contributed by atoms with Gasteiger partial charge in [-0.1, -0.05) is 18.1 Å². The molecule has 0 aliphatic rings. The van der Waals surface area contributed by atoms with E-state index in [-0.39, 0.29) is 28.6 Å². The molecule has 0 aliphatic carbocycles. The van der Waals surface area contributed by atoms with Crippen molar-refractivity contribution < 1.29 is 18.1 Å². The van der Waals surface area contributed by atoms with Crippen molar-refractivity contribution in [3.05, 3.63) is 69.8 Å². The third kappa shape index (κ3) is 4.73. The SMILES string of the molecule is C#CCNS(=O)(=O)c1ccc(C(=O)N(C)C(C)c2cccc([N+](=O)[O-])c2)cc1. The lowest BCUT2D eigenvalue weighted by Crippen LogP contribution is -2.30. The first-order chi connectivity index (χ1) is 13.2. The van der Waals surface area contributed by atoms with Crippen molar-refractivity contribution in [1.29, 1.82) is 0 Å². The molecule has 28 heavy (non-hydrogen) atoms. The van der Waals surface area contributed by atoms with Gasteiger partial charge in [-0.15, -0.1) is 6.42 Å². The topological polar surface area (TPSA) is 110 Å². The third-order valence-corrected chi connectivity index (χ3v) is 5.66. The van der Waals surface area contributed by atoms with Crippen LogP contribution in [0, 0.1) is 22.5 Å². The van der Waals surface area contributed by atoms with Gasteiger partial charge in [-0.25, -0.2) is 8.42 Å². The Morgan fingerprint density at radius 2 is 1.93 bits per heavy atom. The first-order valence-electron chi connectivity index (χ1n) is 8.22. The highest BCUT2D eigenvalue weighted by molar-refractivity contribution is 7.89. The Hall–Kier alpha value is -3.22. The van der Waals surface area contributed by atoms with E-state index in [0.717, 1.165) is 0 Å². The van der Waals surface area contributed by atoms with Crippen LogP contribution in [0.3, 0.4) is 0 Å². The van der Waals surface area contributed by atoms with E-state index >= 15 is 0 Å². The largest absolute Gasteiger partial charge is 0.335 e. The second-order valence-corrected chi connectivity index (χ2v) is 7.76. The molecule has 0 aliphatic heterocycles. The fourth-order valence-electron chi connectivity index (χ4n) is 2.50. The molecule has 0 spiro atoms. The molecule has 0 saturated heterocycles. The first-order valence-corrected chi connectivity index (χ1v) is 9.70. The quantitative estimate of drug-likeness (QED) is 0.435. The van der Waals surface area contributed by atoms with Gasteiger partial charge in [0.05, 0.1) is 22.4 Å². The van der Waals surface area contributed by atoms with Crippen molar-refractivity contribution in [1.82, 2.24) is 9.62 Å². The molecule has 146 valence electrons. The zero-order chi connectivity index (χ0) is 20.9. The van der Waals surface area contributed by atoms with Gasteiger partial charge in [-0.2, -0.15) is 4.72 Å². The Labute approximate surface area is 163 Å². The molecule has 0 aromatic heterocycles. The van der Waals surface area contributed by atoms with Gasteiger partial charge in [0.25, 0.3) is 11.6 Å². The standard InChI is InChI=1S/C19H19N3O5S/c1-4-12-20-28(26,27)18-10-8-15(9-11-18)19(23)21(3)14(2)16-6-5-7-17(13-16)22(24)25/h1,5-11,13-14,20H,12H2,2-3H3. The predicted molar refractivity (Wildman–Crippen MR) is 104 cm³/mol. The van der Waals surface area contributed by atoms with Crippen LogP contribution in [0.2, 0.25) is 0 Å². The fraction of sp³-hybridized carbons (Fsp3) is 0.211. The minimum Gasteiger partial charge on any atom is -0.335 e. The minimum absolute atomic E-state index is 0.00585. The number of non-ortho nitro benzene ring substituents is 1. The van der Waals surface area contributed by atoms with Crippen LogP contribution in [0.1, 0.15) is 28.9 Å². The van der Waals surface area contributed by atoms with Gasteiger partial charge in [0, 0.05) is 24.7 Å². The number of rotatable bonds is 7. The summed E-state index contributed by atoms with van der Waals surface area (Å²) in [5, 5.41) is 10.9. The summed E-state index contributed by atoms with van der Waals surface area (Å²) in [5.74, 6) is 1.84.